The second kappa shape index (κ2) is 9.32. The summed E-state index contributed by atoms with van der Waals surface area (Å²) in [5.41, 5.74) is 1.67. The number of aromatic nitrogens is 1. The summed E-state index contributed by atoms with van der Waals surface area (Å²) in [6, 6.07) is 3.71. The number of nitrogens with one attached hydrogen (secondary N) is 1. The molecule has 1 aromatic rings. The van der Waals surface area contributed by atoms with Gasteiger partial charge in [0.2, 0.25) is 0 Å². The number of H-pyrrole nitrogens is 1. The van der Waals surface area contributed by atoms with Gasteiger partial charge in [-0.15, -0.1) is 0 Å². The predicted molar refractivity (Wildman–Crippen MR) is 90.7 cm³/mol. The van der Waals surface area contributed by atoms with Crippen molar-refractivity contribution in [3.63, 3.8) is 0 Å². The molecule has 0 saturated carbocycles. The fraction of sp³-hybridized carbons (Fsp3) is 0.562. The van der Waals surface area contributed by atoms with Crippen molar-refractivity contribution in [1.82, 2.24) is 19.7 Å². The van der Waals surface area contributed by atoms with Crippen LogP contribution in [0.4, 0.5) is 0 Å². The van der Waals surface area contributed by atoms with E-state index in [0.29, 0.717) is 39.3 Å². The maximum absolute atomic E-state index is 11.1. The molecular formula is C16H24N4O6. The topological polar surface area (TPSA) is 137 Å². The smallest absolute Gasteiger partial charge is 0.317 e. The Bertz CT molecular complexity index is 602. The lowest BCUT2D eigenvalue weighted by atomic mass is 10.3. The molecular weight excluding hydrogens is 344 g/mol. The van der Waals surface area contributed by atoms with Crippen molar-refractivity contribution in [3.05, 3.63) is 23.5 Å². The Morgan fingerprint density at radius 2 is 1.08 bits per heavy atom. The van der Waals surface area contributed by atoms with Crippen LogP contribution >= 0.6 is 0 Å². The number of rotatable bonds is 6. The van der Waals surface area contributed by atoms with Crippen LogP contribution in [0.2, 0.25) is 0 Å². The highest BCUT2D eigenvalue weighted by molar-refractivity contribution is 5.69. The normalized spacial score (nSPS) is 18.0. The molecule has 144 valence electrons. The first-order chi connectivity index (χ1) is 12.3. The van der Waals surface area contributed by atoms with Gasteiger partial charge < -0.3 is 20.3 Å². The Kier molecular flexibility index (Phi) is 7.13. The van der Waals surface area contributed by atoms with Crippen molar-refractivity contribution >= 4 is 17.9 Å². The fourth-order valence-electron chi connectivity index (χ4n) is 2.99. The van der Waals surface area contributed by atoms with Crippen LogP contribution in [-0.2, 0) is 27.5 Å². The molecule has 26 heavy (non-hydrogen) atoms. The second-order valence-corrected chi connectivity index (χ2v) is 6.39. The summed E-state index contributed by atoms with van der Waals surface area (Å²) in [7, 11) is 0. The van der Waals surface area contributed by atoms with Crippen LogP contribution in [0.5, 0.6) is 0 Å². The molecule has 0 radical (unpaired) electrons. The van der Waals surface area contributed by atoms with Crippen LogP contribution in [0.1, 0.15) is 11.4 Å². The lowest BCUT2D eigenvalue weighted by molar-refractivity contribution is -0.140. The molecule has 2 heterocycles. The molecule has 0 amide bonds. The Morgan fingerprint density at radius 3 is 1.46 bits per heavy atom. The third-order valence-electron chi connectivity index (χ3n) is 4.14. The van der Waals surface area contributed by atoms with E-state index >= 15 is 0 Å². The number of nitrogens with zero attached hydrogens (tertiary/aromatic N) is 3. The highest BCUT2D eigenvalue weighted by Gasteiger charge is 2.19. The number of hydrogen-bond donors (Lipinski definition) is 4. The molecule has 4 N–H and O–H groups in total. The van der Waals surface area contributed by atoms with Gasteiger partial charge in [-0.3, -0.25) is 29.1 Å². The van der Waals surface area contributed by atoms with Gasteiger partial charge in [-0.2, -0.15) is 0 Å². The van der Waals surface area contributed by atoms with Crippen molar-refractivity contribution in [2.24, 2.45) is 0 Å². The first-order valence-electron chi connectivity index (χ1n) is 8.31. The van der Waals surface area contributed by atoms with Gasteiger partial charge in [0.25, 0.3) is 0 Å². The third-order valence-corrected chi connectivity index (χ3v) is 4.14. The van der Waals surface area contributed by atoms with E-state index in [-0.39, 0.29) is 19.6 Å². The van der Waals surface area contributed by atoms with Crippen molar-refractivity contribution in [2.45, 2.75) is 13.1 Å². The van der Waals surface area contributed by atoms with E-state index in [0.717, 1.165) is 11.4 Å². The molecule has 1 aliphatic heterocycles. The van der Waals surface area contributed by atoms with Crippen molar-refractivity contribution in [1.29, 1.82) is 0 Å². The second-order valence-electron chi connectivity index (χ2n) is 6.39. The summed E-state index contributed by atoms with van der Waals surface area (Å²) in [4.78, 5) is 41.6. The molecule has 0 atom stereocenters. The maximum Gasteiger partial charge on any atom is 0.317 e. The maximum atomic E-state index is 11.1. The van der Waals surface area contributed by atoms with Gasteiger partial charge in [-0.05, 0) is 12.1 Å². The fourth-order valence-corrected chi connectivity index (χ4v) is 2.99. The number of aromatic amines is 1. The van der Waals surface area contributed by atoms with Gasteiger partial charge in [0.05, 0.1) is 19.6 Å². The van der Waals surface area contributed by atoms with Crippen LogP contribution in [0, 0.1) is 0 Å². The number of aliphatic carboxylic acids is 3. The number of carbonyl (C=O) groups is 3. The average Bonchev–Trinajstić information content (AvgIpc) is 2.94. The number of hydrogen-bond acceptors (Lipinski definition) is 6. The third kappa shape index (κ3) is 6.82. The minimum absolute atomic E-state index is 0.138. The van der Waals surface area contributed by atoms with Crippen LogP contribution in [-0.4, -0.2) is 98.7 Å². The monoisotopic (exact) mass is 368 g/mol. The van der Waals surface area contributed by atoms with E-state index in [4.69, 9.17) is 15.3 Å². The molecule has 2 bridgehead atoms. The van der Waals surface area contributed by atoms with E-state index < -0.39 is 17.9 Å². The van der Waals surface area contributed by atoms with E-state index in [1.165, 1.54) is 0 Å². The zero-order chi connectivity index (χ0) is 19.1. The number of fused-ring (bicyclic) bond motifs is 2. The summed E-state index contributed by atoms with van der Waals surface area (Å²) in [6.07, 6.45) is 0. The summed E-state index contributed by atoms with van der Waals surface area (Å²) >= 11 is 0. The molecule has 1 aromatic heterocycles. The summed E-state index contributed by atoms with van der Waals surface area (Å²) in [5.74, 6) is -2.86. The van der Waals surface area contributed by atoms with Gasteiger partial charge in [-0.25, -0.2) is 0 Å². The van der Waals surface area contributed by atoms with Gasteiger partial charge in [0.1, 0.15) is 0 Å². The highest BCUT2D eigenvalue weighted by Crippen LogP contribution is 2.10. The highest BCUT2D eigenvalue weighted by atomic mass is 16.4. The predicted octanol–water partition coefficient (Wildman–Crippen LogP) is -0.812. The molecule has 0 spiro atoms. The van der Waals surface area contributed by atoms with E-state index in [9.17, 15) is 14.4 Å². The molecule has 2 rings (SSSR count). The largest absolute Gasteiger partial charge is 0.480 e. The summed E-state index contributed by atoms with van der Waals surface area (Å²) in [5, 5.41) is 27.3. The lowest BCUT2D eigenvalue weighted by Gasteiger charge is -2.28. The van der Waals surface area contributed by atoms with Crippen molar-refractivity contribution in [2.75, 3.05) is 45.8 Å². The molecule has 0 saturated heterocycles. The average molecular weight is 368 g/mol. The van der Waals surface area contributed by atoms with Crippen LogP contribution in [0.15, 0.2) is 12.1 Å². The quantitative estimate of drug-likeness (QED) is 0.508. The molecule has 0 unspecified atom stereocenters. The van der Waals surface area contributed by atoms with Crippen LogP contribution < -0.4 is 0 Å². The Balaban J connectivity index is 2.18. The minimum atomic E-state index is -0.973. The lowest BCUT2D eigenvalue weighted by Crippen LogP contribution is -2.43. The number of carboxylic acids is 3. The summed E-state index contributed by atoms with van der Waals surface area (Å²) in [6.45, 7) is 1.90. The Morgan fingerprint density at radius 1 is 0.731 bits per heavy atom. The Labute approximate surface area is 150 Å². The Hall–Kier alpha value is -2.43. The molecule has 10 nitrogen and oxygen atoms in total. The first kappa shape index (κ1) is 19.9. The first-order valence-corrected chi connectivity index (χ1v) is 8.31. The van der Waals surface area contributed by atoms with Gasteiger partial charge in [0.15, 0.2) is 0 Å². The number of carboxylic acid groups (broad SMARTS) is 3. The zero-order valence-corrected chi connectivity index (χ0v) is 14.4. The van der Waals surface area contributed by atoms with E-state index in [2.05, 4.69) is 4.98 Å². The van der Waals surface area contributed by atoms with Crippen LogP contribution in [0.3, 0.4) is 0 Å². The molecule has 0 aliphatic carbocycles. The molecule has 10 heteroatoms. The van der Waals surface area contributed by atoms with Gasteiger partial charge >= 0.3 is 17.9 Å². The van der Waals surface area contributed by atoms with Crippen molar-refractivity contribution < 1.29 is 29.7 Å². The van der Waals surface area contributed by atoms with Gasteiger partial charge in [0, 0.05) is 50.7 Å². The molecule has 0 aromatic carbocycles. The molecule has 1 aliphatic rings. The summed E-state index contributed by atoms with van der Waals surface area (Å²) < 4.78 is 0. The zero-order valence-electron chi connectivity index (χ0n) is 14.4. The van der Waals surface area contributed by atoms with Crippen LogP contribution in [0.25, 0.3) is 0 Å². The van der Waals surface area contributed by atoms with Gasteiger partial charge in [-0.1, -0.05) is 0 Å². The standard InChI is InChI=1S/C16H24N4O6/c21-14(22)9-18-3-5-19(10-15(23)24)7-12-1-2-13(17-12)8-20(6-4-18)11-16(25)26/h1-2,17H,3-11H2,(H,21,22)(H,23,24)(H,25,26). The minimum Gasteiger partial charge on any atom is -0.480 e. The van der Waals surface area contributed by atoms with Crippen molar-refractivity contribution in [3.8, 4) is 0 Å². The van der Waals surface area contributed by atoms with E-state index in [1.54, 1.807) is 14.7 Å². The van der Waals surface area contributed by atoms with E-state index in [1.807, 2.05) is 12.1 Å². The SMILES string of the molecule is O=C(O)CN1CCN(CC(=O)O)Cc2ccc([nH]2)CN(CC(=O)O)CC1. The molecule has 0 fully saturated rings.